The van der Waals surface area contributed by atoms with E-state index >= 15 is 0 Å². The maximum Gasteiger partial charge on any atom is 0.353 e. The number of hydrogen-bond acceptors (Lipinski definition) is 3. The molecule has 76 valence electrons. The largest absolute Gasteiger partial charge is 0.477 e. The van der Waals surface area contributed by atoms with Gasteiger partial charge in [0.2, 0.25) is 0 Å². The molecule has 1 aromatic rings. The second-order valence-electron chi connectivity index (χ2n) is 2.98. The van der Waals surface area contributed by atoms with Crippen molar-refractivity contribution in [2.24, 2.45) is 14.1 Å². The molecule has 1 aromatic heterocycles. The molecule has 1 rings (SSSR count). The first-order chi connectivity index (χ1) is 6.37. The smallest absolute Gasteiger partial charge is 0.353 e. The van der Waals surface area contributed by atoms with E-state index in [1.807, 2.05) is 0 Å². The number of aromatic nitrogens is 2. The first-order valence-corrected chi connectivity index (χ1v) is 4.28. The van der Waals surface area contributed by atoms with E-state index in [-0.39, 0.29) is 21.6 Å². The van der Waals surface area contributed by atoms with Gasteiger partial charge in [0.1, 0.15) is 5.69 Å². The van der Waals surface area contributed by atoms with Crippen molar-refractivity contribution in [3.05, 3.63) is 26.4 Å². The summed E-state index contributed by atoms with van der Waals surface area (Å²) in [6, 6.07) is 0. The minimum atomic E-state index is -1.14. The number of aromatic carboxylic acids is 1. The number of nitrogens with zero attached hydrogens (tertiary/aromatic N) is 2. The van der Waals surface area contributed by atoms with Crippen molar-refractivity contribution in [1.29, 1.82) is 0 Å². The van der Waals surface area contributed by atoms with Gasteiger partial charge in [0.15, 0.2) is 4.77 Å². The quantitative estimate of drug-likeness (QED) is 0.690. The Balaban J connectivity index is 3.88. The van der Waals surface area contributed by atoms with Crippen LogP contribution in [0.25, 0.3) is 0 Å². The van der Waals surface area contributed by atoms with Crippen molar-refractivity contribution in [1.82, 2.24) is 9.13 Å². The molecule has 0 saturated heterocycles. The molecule has 0 aliphatic heterocycles. The first kappa shape index (κ1) is 10.6. The van der Waals surface area contributed by atoms with Crippen LogP contribution in [0.15, 0.2) is 4.79 Å². The van der Waals surface area contributed by atoms with Gasteiger partial charge in [-0.05, 0) is 19.1 Å². The summed E-state index contributed by atoms with van der Waals surface area (Å²) in [5, 5.41) is 8.87. The van der Waals surface area contributed by atoms with Crippen molar-refractivity contribution in [3.8, 4) is 0 Å². The second kappa shape index (κ2) is 3.38. The van der Waals surface area contributed by atoms with Crippen LogP contribution in [0.2, 0.25) is 0 Å². The topological polar surface area (TPSA) is 64.2 Å². The van der Waals surface area contributed by atoms with E-state index in [4.69, 9.17) is 17.3 Å². The van der Waals surface area contributed by atoms with Crippen molar-refractivity contribution < 1.29 is 9.90 Å². The van der Waals surface area contributed by atoms with Crippen LogP contribution < -0.4 is 5.56 Å². The standard InChI is InChI=1S/C8H10N2O3S/c1-4-5(7(12)13)9(2)8(14)10(3)6(4)11/h1-3H3,(H,12,13). The van der Waals surface area contributed by atoms with Gasteiger partial charge in [-0.3, -0.25) is 9.36 Å². The Morgan fingerprint density at radius 2 is 1.86 bits per heavy atom. The molecule has 1 N–H and O–H groups in total. The van der Waals surface area contributed by atoms with E-state index in [9.17, 15) is 9.59 Å². The van der Waals surface area contributed by atoms with Gasteiger partial charge in [0.05, 0.1) is 0 Å². The summed E-state index contributed by atoms with van der Waals surface area (Å²) >= 11 is 4.91. The zero-order valence-corrected chi connectivity index (χ0v) is 8.88. The fourth-order valence-corrected chi connectivity index (χ4v) is 1.49. The molecule has 0 aliphatic carbocycles. The van der Waals surface area contributed by atoms with Crippen LogP contribution in [-0.2, 0) is 14.1 Å². The summed E-state index contributed by atoms with van der Waals surface area (Å²) < 4.78 is 2.75. The first-order valence-electron chi connectivity index (χ1n) is 3.87. The fraction of sp³-hybridized carbons (Fsp3) is 0.375. The number of rotatable bonds is 1. The van der Waals surface area contributed by atoms with Crippen LogP contribution in [0.4, 0.5) is 0 Å². The monoisotopic (exact) mass is 214 g/mol. The van der Waals surface area contributed by atoms with Crippen LogP contribution in [-0.4, -0.2) is 20.2 Å². The van der Waals surface area contributed by atoms with E-state index in [1.54, 1.807) is 0 Å². The zero-order valence-electron chi connectivity index (χ0n) is 8.07. The van der Waals surface area contributed by atoms with Crippen molar-refractivity contribution in [3.63, 3.8) is 0 Å². The molecule has 1 heterocycles. The number of carboxylic acid groups (broad SMARTS) is 1. The Bertz CT molecular complexity index is 475. The van der Waals surface area contributed by atoms with Gasteiger partial charge in [-0.1, -0.05) is 0 Å². The summed E-state index contributed by atoms with van der Waals surface area (Å²) in [5.74, 6) is -1.14. The van der Waals surface area contributed by atoms with Crippen LogP contribution in [0.5, 0.6) is 0 Å². The lowest BCUT2D eigenvalue weighted by Crippen LogP contribution is -2.28. The Morgan fingerprint density at radius 3 is 2.29 bits per heavy atom. The van der Waals surface area contributed by atoms with Gasteiger partial charge in [0.25, 0.3) is 5.56 Å². The molecule has 0 unspecified atom stereocenters. The molecule has 0 amide bonds. The summed E-state index contributed by atoms with van der Waals surface area (Å²) in [7, 11) is 3.04. The highest BCUT2D eigenvalue weighted by Gasteiger charge is 2.15. The predicted octanol–water partition coefficient (Wildman–Crippen LogP) is 0.460. The van der Waals surface area contributed by atoms with E-state index in [2.05, 4.69) is 0 Å². The highest BCUT2D eigenvalue weighted by molar-refractivity contribution is 7.71. The molecular weight excluding hydrogens is 204 g/mol. The van der Waals surface area contributed by atoms with Gasteiger partial charge in [-0.25, -0.2) is 4.79 Å². The molecule has 6 heteroatoms. The molecule has 0 bridgehead atoms. The lowest BCUT2D eigenvalue weighted by Gasteiger charge is -2.10. The van der Waals surface area contributed by atoms with E-state index in [1.165, 1.54) is 30.2 Å². The number of carbonyl (C=O) groups is 1. The van der Waals surface area contributed by atoms with Crippen LogP contribution in [0.3, 0.4) is 0 Å². The average molecular weight is 214 g/mol. The highest BCUT2D eigenvalue weighted by atomic mass is 32.1. The normalized spacial score (nSPS) is 10.2. The van der Waals surface area contributed by atoms with Gasteiger partial charge < -0.3 is 9.67 Å². The Hall–Kier alpha value is -1.43. The molecule has 0 fully saturated rings. The fourth-order valence-electron chi connectivity index (χ4n) is 1.32. The number of hydrogen-bond donors (Lipinski definition) is 1. The van der Waals surface area contributed by atoms with Gasteiger partial charge in [-0.2, -0.15) is 0 Å². The van der Waals surface area contributed by atoms with Crippen LogP contribution in [0, 0.1) is 11.7 Å². The Morgan fingerprint density at radius 1 is 1.36 bits per heavy atom. The minimum Gasteiger partial charge on any atom is -0.477 e. The predicted molar refractivity (Wildman–Crippen MR) is 53.2 cm³/mol. The van der Waals surface area contributed by atoms with Gasteiger partial charge in [0, 0.05) is 19.7 Å². The van der Waals surface area contributed by atoms with Crippen LogP contribution in [0.1, 0.15) is 16.1 Å². The molecule has 14 heavy (non-hydrogen) atoms. The molecule has 0 aromatic carbocycles. The lowest BCUT2D eigenvalue weighted by molar-refractivity contribution is 0.0683. The third kappa shape index (κ3) is 1.37. The SMILES string of the molecule is Cc1c(C(=O)O)n(C)c(=S)n(C)c1=O. The van der Waals surface area contributed by atoms with E-state index < -0.39 is 5.97 Å². The minimum absolute atomic E-state index is 0.0573. The lowest BCUT2D eigenvalue weighted by atomic mass is 10.2. The summed E-state index contributed by atoms with van der Waals surface area (Å²) in [6.45, 7) is 1.47. The van der Waals surface area contributed by atoms with E-state index in [0.29, 0.717) is 0 Å². The van der Waals surface area contributed by atoms with E-state index in [0.717, 1.165) is 0 Å². The van der Waals surface area contributed by atoms with Crippen molar-refractivity contribution in [2.75, 3.05) is 0 Å². The number of carboxylic acids is 1. The third-order valence-corrected chi connectivity index (χ3v) is 2.64. The summed E-state index contributed by atoms with van der Waals surface area (Å²) in [6.07, 6.45) is 0. The Kier molecular flexibility index (Phi) is 2.57. The van der Waals surface area contributed by atoms with Gasteiger partial charge in [-0.15, -0.1) is 0 Å². The highest BCUT2D eigenvalue weighted by Crippen LogP contribution is 2.02. The van der Waals surface area contributed by atoms with Crippen molar-refractivity contribution >= 4 is 18.2 Å². The van der Waals surface area contributed by atoms with Crippen LogP contribution >= 0.6 is 12.2 Å². The molecular formula is C8H10N2O3S. The van der Waals surface area contributed by atoms with Gasteiger partial charge >= 0.3 is 5.97 Å². The third-order valence-electron chi connectivity index (χ3n) is 2.09. The molecule has 5 nitrogen and oxygen atoms in total. The molecule has 0 saturated carbocycles. The molecule has 0 spiro atoms. The molecule has 0 atom stereocenters. The Labute approximate surface area is 85.2 Å². The summed E-state index contributed by atoms with van der Waals surface area (Å²) in [4.78, 5) is 22.3. The maximum absolute atomic E-state index is 11.5. The zero-order chi connectivity index (χ0) is 11.0. The summed E-state index contributed by atoms with van der Waals surface area (Å²) in [5.41, 5.74) is -0.236. The maximum atomic E-state index is 11.5. The van der Waals surface area contributed by atoms with Crippen molar-refractivity contribution in [2.45, 2.75) is 6.92 Å². The average Bonchev–Trinajstić information content (AvgIpc) is 2.11. The molecule has 0 aliphatic rings. The molecule has 0 radical (unpaired) electrons. The second-order valence-corrected chi connectivity index (χ2v) is 3.35.